The molecule has 0 bridgehead atoms. The highest BCUT2D eigenvalue weighted by Gasteiger charge is 2.25. The Morgan fingerprint density at radius 1 is 1.27 bits per heavy atom. The predicted molar refractivity (Wildman–Crippen MR) is 86.6 cm³/mol. The molecule has 122 valence electrons. The Balaban J connectivity index is 2.23. The van der Waals surface area contributed by atoms with E-state index in [0.29, 0.717) is 5.92 Å². The van der Waals surface area contributed by atoms with E-state index >= 15 is 0 Å². The van der Waals surface area contributed by atoms with Crippen molar-refractivity contribution in [2.75, 3.05) is 7.05 Å². The summed E-state index contributed by atoms with van der Waals surface area (Å²) in [5, 5.41) is 3.23. The minimum Gasteiger partial charge on any atom is -0.349 e. The van der Waals surface area contributed by atoms with E-state index in [1.807, 2.05) is 0 Å². The van der Waals surface area contributed by atoms with Gasteiger partial charge in [0.25, 0.3) is 5.91 Å². The number of amides is 1. The van der Waals surface area contributed by atoms with E-state index in [-0.39, 0.29) is 27.4 Å². The minimum atomic E-state index is -3.60. The Kier molecular flexibility index (Phi) is 5.47. The SMILES string of the molecule is CNS(=O)(=O)c1ccc(Cl)c(C(=O)NC2CCCCC2C)c1. The van der Waals surface area contributed by atoms with Crippen LogP contribution in [0.4, 0.5) is 0 Å². The normalized spacial score (nSPS) is 22.3. The van der Waals surface area contributed by atoms with Crippen molar-refractivity contribution in [2.24, 2.45) is 5.92 Å². The van der Waals surface area contributed by atoms with Crippen LogP contribution in [0.25, 0.3) is 0 Å². The fourth-order valence-corrected chi connectivity index (χ4v) is 3.70. The first-order chi connectivity index (χ1) is 10.3. The summed E-state index contributed by atoms with van der Waals surface area (Å²) < 4.78 is 25.9. The third-order valence-corrected chi connectivity index (χ3v) is 5.93. The molecular weight excluding hydrogens is 324 g/mol. The second kappa shape index (κ2) is 6.98. The molecule has 2 unspecified atom stereocenters. The highest BCUT2D eigenvalue weighted by Crippen LogP contribution is 2.25. The van der Waals surface area contributed by atoms with E-state index in [4.69, 9.17) is 11.6 Å². The molecule has 0 heterocycles. The molecule has 1 amide bonds. The Morgan fingerprint density at radius 3 is 2.59 bits per heavy atom. The number of rotatable bonds is 4. The van der Waals surface area contributed by atoms with Gasteiger partial charge in [-0.1, -0.05) is 31.4 Å². The number of halogens is 1. The molecule has 1 fully saturated rings. The van der Waals surface area contributed by atoms with Crippen molar-refractivity contribution in [2.45, 2.75) is 43.5 Å². The number of carbonyl (C=O) groups excluding carboxylic acids is 1. The molecule has 2 rings (SSSR count). The van der Waals surface area contributed by atoms with Crippen molar-refractivity contribution in [3.8, 4) is 0 Å². The lowest BCUT2D eigenvalue weighted by Gasteiger charge is -2.29. The van der Waals surface area contributed by atoms with Gasteiger partial charge in [-0.25, -0.2) is 13.1 Å². The number of sulfonamides is 1. The van der Waals surface area contributed by atoms with E-state index in [2.05, 4.69) is 17.0 Å². The molecular formula is C15H21ClN2O3S. The van der Waals surface area contributed by atoms with Gasteiger partial charge in [-0.3, -0.25) is 4.79 Å². The maximum absolute atomic E-state index is 12.4. The number of hydrogen-bond donors (Lipinski definition) is 2. The summed E-state index contributed by atoms with van der Waals surface area (Å²) in [6.45, 7) is 2.12. The zero-order valence-electron chi connectivity index (χ0n) is 12.7. The lowest BCUT2D eigenvalue weighted by molar-refractivity contribution is 0.0910. The lowest BCUT2D eigenvalue weighted by Crippen LogP contribution is -2.41. The summed E-state index contributed by atoms with van der Waals surface area (Å²) in [7, 11) is -2.28. The first kappa shape index (κ1) is 17.2. The van der Waals surface area contributed by atoms with Gasteiger partial charge in [0.05, 0.1) is 15.5 Å². The van der Waals surface area contributed by atoms with Crippen molar-refractivity contribution in [3.63, 3.8) is 0 Å². The van der Waals surface area contributed by atoms with Gasteiger partial charge < -0.3 is 5.32 Å². The molecule has 1 saturated carbocycles. The number of nitrogens with one attached hydrogen (secondary N) is 2. The van der Waals surface area contributed by atoms with Crippen LogP contribution in [0.3, 0.4) is 0 Å². The van der Waals surface area contributed by atoms with Crippen LogP contribution in [-0.2, 0) is 10.0 Å². The monoisotopic (exact) mass is 344 g/mol. The first-order valence-electron chi connectivity index (χ1n) is 7.39. The van der Waals surface area contributed by atoms with Crippen LogP contribution in [0.2, 0.25) is 5.02 Å². The summed E-state index contributed by atoms with van der Waals surface area (Å²) in [4.78, 5) is 12.5. The third-order valence-electron chi connectivity index (χ3n) is 4.19. The van der Waals surface area contributed by atoms with Gasteiger partial charge in [0.15, 0.2) is 0 Å². The van der Waals surface area contributed by atoms with Gasteiger partial charge in [-0.2, -0.15) is 0 Å². The first-order valence-corrected chi connectivity index (χ1v) is 9.25. The second-order valence-corrected chi connectivity index (χ2v) is 7.98. The van der Waals surface area contributed by atoms with Crippen molar-refractivity contribution in [1.82, 2.24) is 10.0 Å². The average Bonchev–Trinajstić information content (AvgIpc) is 2.49. The minimum absolute atomic E-state index is 0.0289. The molecule has 0 radical (unpaired) electrons. The zero-order chi connectivity index (χ0) is 16.3. The molecule has 2 N–H and O–H groups in total. The Morgan fingerprint density at radius 2 is 1.95 bits per heavy atom. The molecule has 5 nitrogen and oxygen atoms in total. The van der Waals surface area contributed by atoms with Gasteiger partial charge in [-0.05, 0) is 44.0 Å². The number of hydrogen-bond acceptors (Lipinski definition) is 3. The second-order valence-electron chi connectivity index (χ2n) is 5.69. The van der Waals surface area contributed by atoms with Gasteiger partial charge in [0.1, 0.15) is 0 Å². The number of benzene rings is 1. The van der Waals surface area contributed by atoms with Gasteiger partial charge in [-0.15, -0.1) is 0 Å². The Bertz CT molecular complexity index is 661. The van der Waals surface area contributed by atoms with Crippen LogP contribution >= 0.6 is 11.6 Å². The Labute approximate surface area is 136 Å². The van der Waals surface area contributed by atoms with Gasteiger partial charge in [0.2, 0.25) is 10.0 Å². The molecule has 2 atom stereocenters. The summed E-state index contributed by atoms with van der Waals surface area (Å²) >= 11 is 6.06. The van der Waals surface area contributed by atoms with Crippen LogP contribution in [0, 0.1) is 5.92 Å². The van der Waals surface area contributed by atoms with E-state index in [1.165, 1.54) is 31.7 Å². The van der Waals surface area contributed by atoms with Crippen LogP contribution < -0.4 is 10.0 Å². The van der Waals surface area contributed by atoms with E-state index < -0.39 is 10.0 Å². The summed E-state index contributed by atoms with van der Waals surface area (Å²) in [5.74, 6) is 0.0950. The topological polar surface area (TPSA) is 75.3 Å². The summed E-state index contributed by atoms with van der Waals surface area (Å²) in [6, 6.07) is 4.25. The molecule has 0 spiro atoms. The smallest absolute Gasteiger partial charge is 0.253 e. The fourth-order valence-electron chi connectivity index (χ4n) is 2.74. The van der Waals surface area contributed by atoms with Gasteiger partial charge >= 0.3 is 0 Å². The van der Waals surface area contributed by atoms with Crippen molar-refractivity contribution in [1.29, 1.82) is 0 Å². The Hall–Kier alpha value is -1.11. The third kappa shape index (κ3) is 3.80. The molecule has 0 aromatic heterocycles. The molecule has 1 aliphatic carbocycles. The van der Waals surface area contributed by atoms with Crippen LogP contribution in [0.15, 0.2) is 23.1 Å². The molecule has 0 saturated heterocycles. The molecule has 0 aliphatic heterocycles. The average molecular weight is 345 g/mol. The highest BCUT2D eigenvalue weighted by atomic mass is 35.5. The molecule has 7 heteroatoms. The molecule has 1 aromatic rings. The largest absolute Gasteiger partial charge is 0.349 e. The number of carbonyl (C=O) groups is 1. The lowest BCUT2D eigenvalue weighted by atomic mass is 9.86. The van der Waals surface area contributed by atoms with Gasteiger partial charge in [0, 0.05) is 6.04 Å². The van der Waals surface area contributed by atoms with E-state index in [0.717, 1.165) is 19.3 Å². The van der Waals surface area contributed by atoms with Crippen molar-refractivity contribution in [3.05, 3.63) is 28.8 Å². The maximum atomic E-state index is 12.4. The standard InChI is InChI=1S/C15H21ClN2O3S/c1-10-5-3-4-6-14(10)18-15(19)12-9-11(7-8-13(12)16)22(20,21)17-2/h7-10,14,17H,3-6H2,1-2H3,(H,18,19). The van der Waals surface area contributed by atoms with E-state index in [9.17, 15) is 13.2 Å². The van der Waals surface area contributed by atoms with Crippen molar-refractivity contribution < 1.29 is 13.2 Å². The van der Waals surface area contributed by atoms with Crippen LogP contribution in [0.1, 0.15) is 43.0 Å². The van der Waals surface area contributed by atoms with Crippen LogP contribution in [-0.4, -0.2) is 27.4 Å². The fraction of sp³-hybridized carbons (Fsp3) is 0.533. The van der Waals surface area contributed by atoms with Crippen molar-refractivity contribution >= 4 is 27.5 Å². The van der Waals surface area contributed by atoms with Crippen LogP contribution in [0.5, 0.6) is 0 Å². The highest BCUT2D eigenvalue weighted by molar-refractivity contribution is 7.89. The summed E-state index contributed by atoms with van der Waals surface area (Å²) in [6.07, 6.45) is 4.31. The van der Waals surface area contributed by atoms with E-state index in [1.54, 1.807) is 0 Å². The quantitative estimate of drug-likeness (QED) is 0.881. The molecule has 1 aliphatic rings. The molecule has 22 heavy (non-hydrogen) atoms. The molecule has 1 aromatic carbocycles. The zero-order valence-corrected chi connectivity index (χ0v) is 14.3. The summed E-state index contributed by atoms with van der Waals surface area (Å²) in [5.41, 5.74) is 0.191. The maximum Gasteiger partial charge on any atom is 0.253 e. The predicted octanol–water partition coefficient (Wildman–Crippen LogP) is 2.56.